The number of ether oxygens (including phenoxy) is 1. The summed E-state index contributed by atoms with van der Waals surface area (Å²) in [6.07, 6.45) is 2.65. The van der Waals surface area contributed by atoms with Gasteiger partial charge in [-0.15, -0.1) is 0 Å². The summed E-state index contributed by atoms with van der Waals surface area (Å²) in [6.45, 7) is 14.2. The van der Waals surface area contributed by atoms with Gasteiger partial charge in [0.1, 0.15) is 0 Å². The SMILES string of the molecule is CCOCC(C)N(CC1CCNCC1)C(C)C. The zero-order valence-electron chi connectivity index (χ0n) is 12.0. The van der Waals surface area contributed by atoms with Gasteiger partial charge in [0.15, 0.2) is 0 Å². The van der Waals surface area contributed by atoms with Gasteiger partial charge < -0.3 is 10.1 Å². The second kappa shape index (κ2) is 8.06. The van der Waals surface area contributed by atoms with E-state index in [9.17, 15) is 0 Å². The molecule has 0 aliphatic carbocycles. The van der Waals surface area contributed by atoms with Crippen molar-refractivity contribution in [1.82, 2.24) is 10.2 Å². The molecule has 1 fully saturated rings. The molecule has 0 aromatic carbocycles. The van der Waals surface area contributed by atoms with E-state index in [1.807, 2.05) is 0 Å². The molecule has 0 aromatic heterocycles. The van der Waals surface area contributed by atoms with Crippen molar-refractivity contribution in [3.05, 3.63) is 0 Å². The Morgan fingerprint density at radius 3 is 2.41 bits per heavy atom. The van der Waals surface area contributed by atoms with Gasteiger partial charge in [0.2, 0.25) is 0 Å². The number of hydrogen-bond donors (Lipinski definition) is 1. The monoisotopic (exact) mass is 242 g/mol. The molecule has 0 spiro atoms. The summed E-state index contributed by atoms with van der Waals surface area (Å²) < 4.78 is 5.56. The molecular formula is C14H30N2O. The van der Waals surface area contributed by atoms with Crippen molar-refractivity contribution < 1.29 is 4.74 Å². The fourth-order valence-electron chi connectivity index (χ4n) is 2.65. The van der Waals surface area contributed by atoms with E-state index in [0.29, 0.717) is 12.1 Å². The first kappa shape index (κ1) is 14.9. The molecule has 1 rings (SSSR count). The highest BCUT2D eigenvalue weighted by Crippen LogP contribution is 2.17. The maximum atomic E-state index is 5.56. The van der Waals surface area contributed by atoms with Crippen molar-refractivity contribution in [2.24, 2.45) is 5.92 Å². The lowest BCUT2D eigenvalue weighted by atomic mass is 9.96. The Bertz CT molecular complexity index is 191. The van der Waals surface area contributed by atoms with Crippen LogP contribution in [0.3, 0.4) is 0 Å². The Morgan fingerprint density at radius 1 is 1.24 bits per heavy atom. The minimum Gasteiger partial charge on any atom is -0.380 e. The third kappa shape index (κ3) is 5.36. The second-order valence-electron chi connectivity index (χ2n) is 5.49. The molecule has 1 atom stereocenters. The van der Waals surface area contributed by atoms with Gasteiger partial charge in [-0.3, -0.25) is 4.90 Å². The minimum absolute atomic E-state index is 0.532. The molecule has 3 heteroatoms. The van der Waals surface area contributed by atoms with E-state index in [4.69, 9.17) is 4.74 Å². The second-order valence-corrected chi connectivity index (χ2v) is 5.49. The number of nitrogens with zero attached hydrogens (tertiary/aromatic N) is 1. The van der Waals surface area contributed by atoms with Gasteiger partial charge in [-0.2, -0.15) is 0 Å². The quantitative estimate of drug-likeness (QED) is 0.740. The molecule has 3 nitrogen and oxygen atoms in total. The van der Waals surface area contributed by atoms with E-state index >= 15 is 0 Å². The van der Waals surface area contributed by atoms with E-state index in [0.717, 1.165) is 19.1 Å². The van der Waals surface area contributed by atoms with Crippen molar-refractivity contribution in [3.8, 4) is 0 Å². The van der Waals surface area contributed by atoms with Crippen LogP contribution in [0, 0.1) is 5.92 Å². The predicted molar refractivity (Wildman–Crippen MR) is 73.4 cm³/mol. The largest absolute Gasteiger partial charge is 0.380 e. The molecule has 1 aliphatic rings. The van der Waals surface area contributed by atoms with Crippen LogP contribution in [-0.4, -0.2) is 49.8 Å². The fourth-order valence-corrected chi connectivity index (χ4v) is 2.65. The maximum absolute atomic E-state index is 5.56. The van der Waals surface area contributed by atoms with Gasteiger partial charge >= 0.3 is 0 Å². The lowest BCUT2D eigenvalue weighted by Gasteiger charge is -2.36. The van der Waals surface area contributed by atoms with Crippen molar-refractivity contribution >= 4 is 0 Å². The van der Waals surface area contributed by atoms with Crippen LogP contribution in [0.1, 0.15) is 40.5 Å². The molecular weight excluding hydrogens is 212 g/mol. The van der Waals surface area contributed by atoms with Gasteiger partial charge in [-0.05, 0) is 59.5 Å². The number of rotatable bonds is 7. The summed E-state index contributed by atoms with van der Waals surface area (Å²) in [4.78, 5) is 2.60. The summed E-state index contributed by atoms with van der Waals surface area (Å²) >= 11 is 0. The molecule has 1 aliphatic heterocycles. The molecule has 102 valence electrons. The van der Waals surface area contributed by atoms with Crippen molar-refractivity contribution in [3.63, 3.8) is 0 Å². The summed E-state index contributed by atoms with van der Waals surface area (Å²) in [6, 6.07) is 1.14. The smallest absolute Gasteiger partial charge is 0.0619 e. The first-order valence-corrected chi connectivity index (χ1v) is 7.19. The molecule has 1 N–H and O–H groups in total. The van der Waals surface area contributed by atoms with E-state index in [1.54, 1.807) is 0 Å². The van der Waals surface area contributed by atoms with E-state index < -0.39 is 0 Å². The Morgan fingerprint density at radius 2 is 1.88 bits per heavy atom. The normalized spacial score (nSPS) is 20.1. The maximum Gasteiger partial charge on any atom is 0.0619 e. The van der Waals surface area contributed by atoms with E-state index in [1.165, 1.54) is 32.5 Å². The number of hydrogen-bond acceptors (Lipinski definition) is 3. The van der Waals surface area contributed by atoms with Gasteiger partial charge in [0, 0.05) is 25.2 Å². The van der Waals surface area contributed by atoms with Gasteiger partial charge in [-0.25, -0.2) is 0 Å². The van der Waals surface area contributed by atoms with Crippen molar-refractivity contribution in [2.75, 3.05) is 32.8 Å². The zero-order valence-corrected chi connectivity index (χ0v) is 12.0. The number of nitrogens with one attached hydrogen (secondary N) is 1. The van der Waals surface area contributed by atoms with Crippen LogP contribution in [0.25, 0.3) is 0 Å². The zero-order chi connectivity index (χ0) is 12.7. The Labute approximate surface area is 107 Å². The molecule has 1 unspecified atom stereocenters. The molecule has 0 aromatic rings. The topological polar surface area (TPSA) is 24.5 Å². The lowest BCUT2D eigenvalue weighted by Crippen LogP contribution is -2.45. The molecule has 17 heavy (non-hydrogen) atoms. The fraction of sp³-hybridized carbons (Fsp3) is 1.00. The molecule has 0 amide bonds. The van der Waals surface area contributed by atoms with Gasteiger partial charge in [-0.1, -0.05) is 0 Å². The summed E-state index contributed by atoms with van der Waals surface area (Å²) in [5.74, 6) is 0.864. The van der Waals surface area contributed by atoms with Gasteiger partial charge in [0.05, 0.1) is 6.61 Å². The minimum atomic E-state index is 0.532. The molecule has 1 heterocycles. The predicted octanol–water partition coefficient (Wildman–Crippen LogP) is 2.12. The standard InChI is InChI=1S/C14H30N2O/c1-5-17-11-13(4)16(12(2)3)10-14-6-8-15-9-7-14/h12-15H,5-11H2,1-4H3. The van der Waals surface area contributed by atoms with Crippen LogP contribution in [0.4, 0.5) is 0 Å². The molecule has 1 saturated heterocycles. The summed E-state index contributed by atoms with van der Waals surface area (Å²) in [5.41, 5.74) is 0. The van der Waals surface area contributed by atoms with Crippen LogP contribution in [-0.2, 0) is 4.74 Å². The Hall–Kier alpha value is -0.120. The highest BCUT2D eigenvalue weighted by atomic mass is 16.5. The van der Waals surface area contributed by atoms with Crippen molar-refractivity contribution in [1.29, 1.82) is 0 Å². The van der Waals surface area contributed by atoms with Gasteiger partial charge in [0.25, 0.3) is 0 Å². The highest BCUT2D eigenvalue weighted by Gasteiger charge is 2.22. The third-order valence-corrected chi connectivity index (χ3v) is 3.72. The Kier molecular flexibility index (Phi) is 7.09. The Balaban J connectivity index is 2.40. The van der Waals surface area contributed by atoms with Crippen molar-refractivity contribution in [2.45, 2.75) is 52.6 Å². The van der Waals surface area contributed by atoms with Crippen LogP contribution in [0.15, 0.2) is 0 Å². The molecule has 0 bridgehead atoms. The first-order valence-electron chi connectivity index (χ1n) is 7.19. The van der Waals surface area contributed by atoms with Crippen LogP contribution < -0.4 is 5.32 Å². The average Bonchev–Trinajstić information content (AvgIpc) is 2.34. The van der Waals surface area contributed by atoms with Crippen LogP contribution >= 0.6 is 0 Å². The molecule has 0 saturated carbocycles. The highest BCUT2D eigenvalue weighted by molar-refractivity contribution is 4.77. The van der Waals surface area contributed by atoms with E-state index in [2.05, 4.69) is 37.9 Å². The first-order chi connectivity index (χ1) is 8.15. The summed E-state index contributed by atoms with van der Waals surface area (Å²) in [5, 5.41) is 3.44. The number of piperidine rings is 1. The lowest BCUT2D eigenvalue weighted by molar-refractivity contribution is 0.0457. The molecule has 0 radical (unpaired) electrons. The van der Waals surface area contributed by atoms with E-state index in [-0.39, 0.29) is 0 Å². The van der Waals surface area contributed by atoms with Crippen LogP contribution in [0.5, 0.6) is 0 Å². The summed E-state index contributed by atoms with van der Waals surface area (Å²) in [7, 11) is 0. The average molecular weight is 242 g/mol. The third-order valence-electron chi connectivity index (χ3n) is 3.72. The van der Waals surface area contributed by atoms with Crippen LogP contribution in [0.2, 0.25) is 0 Å².